The number of thiocarbonyl (C=S) groups is 1. The molecule has 200 valence electrons. The molecule has 2 N–H and O–H groups in total. The van der Waals surface area contributed by atoms with Gasteiger partial charge in [-0.1, -0.05) is 49.3 Å². The average molecular weight is 546 g/mol. The Kier molecular flexibility index (Phi) is 9.71. The molecule has 0 spiro atoms. The third-order valence-electron chi connectivity index (χ3n) is 6.88. The van der Waals surface area contributed by atoms with Crippen molar-refractivity contribution in [2.45, 2.75) is 45.1 Å². The molecule has 3 aliphatic rings. The Morgan fingerprint density at radius 3 is 2.49 bits per heavy atom. The molecule has 0 bridgehead atoms. The number of thioether (sulfide) groups is 1. The second-order valence-electron chi connectivity index (χ2n) is 9.30. The Balaban J connectivity index is 0.00000102. The van der Waals surface area contributed by atoms with Gasteiger partial charge in [0.1, 0.15) is 15.8 Å². The topological polar surface area (TPSA) is 102 Å². The van der Waals surface area contributed by atoms with Crippen molar-refractivity contribution < 1.29 is 15.0 Å². The number of aliphatic hydroxyl groups excluding tert-OH is 2. The number of carbonyl (C=O) groups excluding carboxylic acids is 1. The van der Waals surface area contributed by atoms with Gasteiger partial charge in [0.25, 0.3) is 11.5 Å². The normalized spacial score (nSPS) is 20.6. The lowest BCUT2D eigenvalue weighted by Gasteiger charge is -2.35. The van der Waals surface area contributed by atoms with Crippen LogP contribution in [0.1, 0.15) is 44.6 Å². The van der Waals surface area contributed by atoms with Gasteiger partial charge in [0.05, 0.1) is 17.1 Å². The van der Waals surface area contributed by atoms with Gasteiger partial charge in [-0.25, -0.2) is 4.98 Å². The highest BCUT2D eigenvalue weighted by Crippen LogP contribution is 2.37. The van der Waals surface area contributed by atoms with Crippen LogP contribution >= 0.6 is 24.0 Å². The number of rotatable bonds is 5. The van der Waals surface area contributed by atoms with E-state index in [-0.39, 0.29) is 30.7 Å². The number of nitrogens with zero attached hydrogens (tertiary/aromatic N) is 5. The number of piperazine rings is 1. The number of amides is 1. The van der Waals surface area contributed by atoms with Gasteiger partial charge in [0, 0.05) is 51.6 Å². The third kappa shape index (κ3) is 6.23. The molecule has 2 aliphatic heterocycles. The number of fused-ring (bicyclic) bond motifs is 1. The number of carbonyl (C=O) groups is 1. The van der Waals surface area contributed by atoms with Crippen LogP contribution in [0, 0.1) is 0 Å². The molecule has 11 heteroatoms. The fourth-order valence-corrected chi connectivity index (χ4v) is 6.43. The third-order valence-corrected chi connectivity index (χ3v) is 8.21. The fourth-order valence-electron chi connectivity index (χ4n) is 5.05. The summed E-state index contributed by atoms with van der Waals surface area (Å²) in [4.78, 5) is 38.3. The quantitative estimate of drug-likeness (QED) is 0.433. The van der Waals surface area contributed by atoms with E-state index >= 15 is 0 Å². The van der Waals surface area contributed by atoms with Gasteiger partial charge in [-0.2, -0.15) is 0 Å². The minimum atomic E-state index is -0.193. The van der Waals surface area contributed by atoms with Crippen molar-refractivity contribution in [3.8, 4) is 0 Å². The summed E-state index contributed by atoms with van der Waals surface area (Å²) in [5.41, 5.74) is 0.803. The van der Waals surface area contributed by atoms with E-state index in [1.165, 1.54) is 22.6 Å². The van der Waals surface area contributed by atoms with E-state index in [9.17, 15) is 14.7 Å². The molecule has 0 radical (unpaired) electrons. The number of pyridine rings is 1. The Morgan fingerprint density at radius 1 is 1.11 bits per heavy atom. The van der Waals surface area contributed by atoms with Crippen LogP contribution in [-0.2, 0) is 4.79 Å². The molecule has 0 unspecified atom stereocenters. The fraction of sp³-hybridized carbons (Fsp3) is 0.538. The van der Waals surface area contributed by atoms with Gasteiger partial charge in [-0.3, -0.25) is 23.8 Å². The van der Waals surface area contributed by atoms with E-state index in [4.69, 9.17) is 22.3 Å². The first-order chi connectivity index (χ1) is 18.0. The summed E-state index contributed by atoms with van der Waals surface area (Å²) >= 11 is 6.87. The highest BCUT2D eigenvalue weighted by Gasteiger charge is 2.38. The zero-order chi connectivity index (χ0) is 26.4. The number of hydrogen-bond acceptors (Lipinski definition) is 9. The Morgan fingerprint density at radius 2 is 1.81 bits per heavy atom. The van der Waals surface area contributed by atoms with E-state index in [1.54, 1.807) is 30.2 Å². The molecule has 2 aromatic heterocycles. The van der Waals surface area contributed by atoms with E-state index in [0.717, 1.165) is 38.8 Å². The molecule has 4 heterocycles. The van der Waals surface area contributed by atoms with Crippen LogP contribution in [-0.4, -0.2) is 91.6 Å². The molecule has 2 aromatic rings. The summed E-state index contributed by atoms with van der Waals surface area (Å²) < 4.78 is 2.11. The molecule has 37 heavy (non-hydrogen) atoms. The van der Waals surface area contributed by atoms with E-state index in [2.05, 4.69) is 9.80 Å². The van der Waals surface area contributed by atoms with Crippen LogP contribution in [0.4, 0.5) is 5.82 Å². The number of anilines is 1. The highest BCUT2D eigenvalue weighted by atomic mass is 32.2. The van der Waals surface area contributed by atoms with Gasteiger partial charge in [0.15, 0.2) is 0 Å². The molecule has 0 aromatic carbocycles. The van der Waals surface area contributed by atoms with Crippen LogP contribution in [0.3, 0.4) is 0 Å². The Labute approximate surface area is 226 Å². The van der Waals surface area contributed by atoms with E-state index in [1.807, 2.05) is 12.1 Å². The van der Waals surface area contributed by atoms with Crippen LogP contribution in [0.25, 0.3) is 11.7 Å². The molecule has 2 saturated heterocycles. The Hall–Kier alpha value is -2.31. The first-order valence-electron chi connectivity index (χ1n) is 13.0. The van der Waals surface area contributed by atoms with Gasteiger partial charge in [-0.05, 0) is 38.0 Å². The first-order valence-corrected chi connectivity index (χ1v) is 14.2. The van der Waals surface area contributed by atoms with Crippen molar-refractivity contribution in [3.05, 3.63) is 45.2 Å². The molecule has 9 nitrogen and oxygen atoms in total. The lowest BCUT2D eigenvalue weighted by Crippen LogP contribution is -2.48. The minimum absolute atomic E-state index is 0.0989. The lowest BCUT2D eigenvalue weighted by molar-refractivity contribution is -0.124. The van der Waals surface area contributed by atoms with Gasteiger partial charge in [-0.15, -0.1) is 0 Å². The predicted octanol–water partition coefficient (Wildman–Crippen LogP) is 2.34. The zero-order valence-electron chi connectivity index (χ0n) is 21.2. The van der Waals surface area contributed by atoms with Crippen molar-refractivity contribution >= 4 is 51.7 Å². The smallest absolute Gasteiger partial charge is 0.267 e. The number of aromatic nitrogens is 2. The number of aliphatic hydroxyl groups is 2. The molecule has 1 saturated carbocycles. The molecular weight excluding hydrogens is 510 g/mol. The summed E-state index contributed by atoms with van der Waals surface area (Å²) in [5, 5.41) is 16.8. The van der Waals surface area contributed by atoms with Crippen molar-refractivity contribution in [1.29, 1.82) is 0 Å². The van der Waals surface area contributed by atoms with Gasteiger partial charge < -0.3 is 15.1 Å². The van der Waals surface area contributed by atoms with Crippen LogP contribution < -0.4 is 10.5 Å². The summed E-state index contributed by atoms with van der Waals surface area (Å²) in [5.74, 6) is 0.501. The zero-order valence-corrected chi connectivity index (χ0v) is 22.8. The van der Waals surface area contributed by atoms with Crippen LogP contribution in [0.5, 0.6) is 0 Å². The standard InChI is InChI=1S/C24H29N5O3S2.C2H6O/c30-15-14-26-10-12-27(13-11-26)21-18(22(31)28-9-5-4-8-20(28)25-21)16-19-23(32)29(24(33)34-19)17-6-2-1-3-7-17;1-2-3/h4-5,8-9,16-17,30H,1-3,6-7,10-15H2;3H,2H2,1H3/b19-16-;. The van der Waals surface area contributed by atoms with Crippen LogP contribution in [0.2, 0.25) is 0 Å². The molecule has 1 aliphatic carbocycles. The summed E-state index contributed by atoms with van der Waals surface area (Å²) in [6.07, 6.45) is 8.79. The summed E-state index contributed by atoms with van der Waals surface area (Å²) in [6, 6.07) is 5.64. The summed E-state index contributed by atoms with van der Waals surface area (Å²) in [7, 11) is 0. The maximum Gasteiger partial charge on any atom is 0.267 e. The maximum absolute atomic E-state index is 13.6. The monoisotopic (exact) mass is 545 g/mol. The largest absolute Gasteiger partial charge is 0.397 e. The second-order valence-corrected chi connectivity index (χ2v) is 11.0. The van der Waals surface area contributed by atoms with Crippen molar-refractivity contribution in [2.24, 2.45) is 0 Å². The first kappa shape index (κ1) is 27.7. The van der Waals surface area contributed by atoms with Crippen molar-refractivity contribution in [2.75, 3.05) is 50.8 Å². The van der Waals surface area contributed by atoms with E-state index < -0.39 is 0 Å². The van der Waals surface area contributed by atoms with Crippen molar-refractivity contribution in [1.82, 2.24) is 19.2 Å². The molecule has 1 amide bonds. The highest BCUT2D eigenvalue weighted by molar-refractivity contribution is 8.26. The number of β-amino-alcohol motifs (C(OH)–C–C–N with tert-alkyl or cyclic N) is 1. The molecule has 0 atom stereocenters. The molecule has 3 fully saturated rings. The average Bonchev–Trinajstić information content (AvgIpc) is 3.19. The minimum Gasteiger partial charge on any atom is -0.397 e. The SMILES string of the molecule is CCO.O=C1/C(=C/c2c(N3CCN(CCO)CC3)nc3ccccn3c2=O)SC(=S)N1C1CCCCC1. The Bertz CT molecular complexity index is 1200. The molecule has 5 rings (SSSR count). The lowest BCUT2D eigenvalue weighted by atomic mass is 9.94. The van der Waals surface area contributed by atoms with Crippen LogP contribution in [0.15, 0.2) is 34.1 Å². The maximum atomic E-state index is 13.6. The van der Waals surface area contributed by atoms with E-state index in [0.29, 0.717) is 45.9 Å². The predicted molar refractivity (Wildman–Crippen MR) is 152 cm³/mol. The number of hydrogen-bond donors (Lipinski definition) is 2. The summed E-state index contributed by atoms with van der Waals surface area (Å²) in [6.45, 7) is 5.64. The van der Waals surface area contributed by atoms with Crippen molar-refractivity contribution in [3.63, 3.8) is 0 Å². The second kappa shape index (κ2) is 13.0. The van der Waals surface area contributed by atoms with Gasteiger partial charge in [0.2, 0.25) is 0 Å². The van der Waals surface area contributed by atoms with Gasteiger partial charge >= 0.3 is 0 Å². The molecular formula is C26H35N5O4S2.